The van der Waals surface area contributed by atoms with Gasteiger partial charge in [-0.1, -0.05) is 67.8 Å². The number of amides is 2. The molecule has 5 N–H and O–H groups in total. The van der Waals surface area contributed by atoms with Crippen molar-refractivity contribution >= 4 is 21.7 Å². The van der Waals surface area contributed by atoms with Gasteiger partial charge in [0, 0.05) is 37.0 Å². The van der Waals surface area contributed by atoms with E-state index in [1.807, 2.05) is 51.1 Å². The van der Waals surface area contributed by atoms with Crippen molar-refractivity contribution in [2.24, 2.45) is 11.8 Å². The molecule has 2 aromatic rings. The molecule has 0 radical (unpaired) electrons. The zero-order valence-corrected chi connectivity index (χ0v) is 30.2. The van der Waals surface area contributed by atoms with Crippen LogP contribution in [0, 0.1) is 11.8 Å². The highest BCUT2D eigenvalue weighted by Crippen LogP contribution is 2.39. The monoisotopic (exact) mass is 684 g/mol. The molecule has 266 valence electrons. The maximum atomic E-state index is 14.2. The third-order valence-corrected chi connectivity index (χ3v) is 12.4. The molecule has 6 unspecified atom stereocenters. The number of aromatic hydroxyl groups is 1. The molecule has 1 aliphatic heterocycles. The standard InChI is InChI=1S/C37H56N4O6S/c1-36(2,3)40-34(44)30-21-26-16-10-11-18-28(26)23-41(30)24-32(43)29(20-25-14-8-7-9-15-25)39-35(45)33(37(4,5)48(6,46)47)38-22-27-17-12-13-19-31(27)42/h7-9,12-15,17,19,26,28-30,32-33,38,42-43H,10-11,16,18,20-24H2,1-6H3,(H,39,45)(H,40,44). The highest BCUT2D eigenvalue weighted by atomic mass is 32.2. The number of nitrogens with zero attached hydrogens (tertiary/aromatic N) is 1. The van der Waals surface area contributed by atoms with Gasteiger partial charge >= 0.3 is 0 Å². The number of likely N-dealkylation sites (tertiary alicyclic amines) is 1. The lowest BCUT2D eigenvalue weighted by Gasteiger charge is -2.47. The van der Waals surface area contributed by atoms with Crippen LogP contribution in [0.5, 0.6) is 5.75 Å². The molecule has 10 nitrogen and oxygen atoms in total. The number of sulfone groups is 1. The topological polar surface area (TPSA) is 148 Å². The van der Waals surface area contributed by atoms with E-state index in [0.29, 0.717) is 30.4 Å². The Morgan fingerprint density at radius 2 is 1.58 bits per heavy atom. The number of rotatable bonds is 13. The van der Waals surface area contributed by atoms with E-state index in [-0.39, 0.29) is 24.7 Å². The second-order valence-electron chi connectivity index (χ2n) is 15.4. The van der Waals surface area contributed by atoms with E-state index in [1.165, 1.54) is 26.3 Å². The number of hydrogen-bond acceptors (Lipinski definition) is 8. The minimum Gasteiger partial charge on any atom is -0.508 e. The van der Waals surface area contributed by atoms with E-state index < -0.39 is 50.3 Å². The number of carbonyl (C=O) groups is 2. The van der Waals surface area contributed by atoms with Gasteiger partial charge in [0.2, 0.25) is 11.8 Å². The number of aliphatic hydroxyl groups is 1. The molecule has 1 saturated carbocycles. The number of fused-ring (bicyclic) bond motifs is 1. The van der Waals surface area contributed by atoms with Crippen molar-refractivity contribution in [2.45, 2.75) is 114 Å². The number of piperidine rings is 1. The van der Waals surface area contributed by atoms with Crippen molar-refractivity contribution in [2.75, 3.05) is 19.3 Å². The summed E-state index contributed by atoms with van der Waals surface area (Å²) >= 11 is 0. The quantitative estimate of drug-likeness (QED) is 0.215. The van der Waals surface area contributed by atoms with Crippen molar-refractivity contribution < 1.29 is 28.2 Å². The van der Waals surface area contributed by atoms with Crippen LogP contribution in [0.25, 0.3) is 0 Å². The Kier molecular flexibility index (Phi) is 12.4. The van der Waals surface area contributed by atoms with E-state index in [0.717, 1.165) is 37.5 Å². The highest BCUT2D eigenvalue weighted by molar-refractivity contribution is 7.92. The average molecular weight is 685 g/mol. The summed E-state index contributed by atoms with van der Waals surface area (Å²) in [6.45, 7) is 9.81. The number of phenolic OH excluding ortho intramolecular Hbond substituents is 1. The minimum atomic E-state index is -3.74. The Balaban J connectivity index is 1.61. The van der Waals surface area contributed by atoms with Crippen molar-refractivity contribution in [1.29, 1.82) is 0 Å². The van der Waals surface area contributed by atoms with E-state index >= 15 is 0 Å². The summed E-state index contributed by atoms with van der Waals surface area (Å²) in [5.41, 5.74) is 1.02. The molecule has 2 aromatic carbocycles. The fourth-order valence-corrected chi connectivity index (χ4v) is 7.77. The van der Waals surface area contributed by atoms with E-state index in [4.69, 9.17) is 0 Å². The first kappa shape index (κ1) is 37.8. The van der Waals surface area contributed by atoms with E-state index in [2.05, 4.69) is 20.9 Å². The summed E-state index contributed by atoms with van der Waals surface area (Å²) < 4.78 is 24.5. The molecule has 0 bridgehead atoms. The van der Waals surface area contributed by atoms with Crippen LogP contribution in [-0.4, -0.2) is 89.2 Å². The van der Waals surface area contributed by atoms with E-state index in [9.17, 15) is 28.2 Å². The number of aliphatic hydroxyl groups excluding tert-OH is 1. The van der Waals surface area contributed by atoms with Gasteiger partial charge in [-0.2, -0.15) is 0 Å². The first-order valence-corrected chi connectivity index (χ1v) is 19.1. The summed E-state index contributed by atoms with van der Waals surface area (Å²) in [5.74, 6) is 0.326. The number of hydrogen-bond donors (Lipinski definition) is 5. The molecule has 1 heterocycles. The van der Waals surface area contributed by atoms with Crippen molar-refractivity contribution in [3.8, 4) is 5.75 Å². The molecular formula is C37H56N4O6S. The van der Waals surface area contributed by atoms with Crippen LogP contribution in [0.1, 0.15) is 77.8 Å². The molecule has 2 aliphatic rings. The van der Waals surface area contributed by atoms with Crippen LogP contribution in [0.2, 0.25) is 0 Å². The van der Waals surface area contributed by atoms with E-state index in [1.54, 1.807) is 18.2 Å². The first-order valence-electron chi connectivity index (χ1n) is 17.2. The molecule has 0 spiro atoms. The lowest BCUT2D eigenvalue weighted by molar-refractivity contribution is -0.133. The molecule has 11 heteroatoms. The number of phenols is 1. The van der Waals surface area contributed by atoms with Crippen LogP contribution in [0.4, 0.5) is 0 Å². The molecular weight excluding hydrogens is 628 g/mol. The lowest BCUT2D eigenvalue weighted by Crippen LogP contribution is -2.63. The van der Waals surface area contributed by atoms with Gasteiger partial charge in [-0.15, -0.1) is 0 Å². The largest absolute Gasteiger partial charge is 0.508 e. The molecule has 0 aromatic heterocycles. The first-order chi connectivity index (χ1) is 22.5. The van der Waals surface area contributed by atoms with Gasteiger partial charge in [0.25, 0.3) is 0 Å². The molecule has 2 fully saturated rings. The van der Waals surface area contributed by atoms with Gasteiger partial charge in [-0.25, -0.2) is 8.42 Å². The second-order valence-corrected chi connectivity index (χ2v) is 18.0. The zero-order valence-electron chi connectivity index (χ0n) is 29.4. The maximum absolute atomic E-state index is 14.2. The Hall–Kier alpha value is -2.99. The maximum Gasteiger partial charge on any atom is 0.239 e. The Morgan fingerprint density at radius 3 is 2.21 bits per heavy atom. The van der Waals surface area contributed by atoms with Gasteiger partial charge < -0.3 is 26.2 Å². The van der Waals surface area contributed by atoms with Crippen molar-refractivity contribution in [1.82, 2.24) is 20.9 Å². The highest BCUT2D eigenvalue weighted by Gasteiger charge is 2.45. The lowest BCUT2D eigenvalue weighted by atomic mass is 9.72. The second kappa shape index (κ2) is 15.7. The minimum absolute atomic E-state index is 0.0329. The molecule has 1 saturated heterocycles. The predicted molar refractivity (Wildman–Crippen MR) is 189 cm³/mol. The Morgan fingerprint density at radius 1 is 0.958 bits per heavy atom. The van der Waals surface area contributed by atoms with Gasteiger partial charge in [-0.05, 0) is 77.3 Å². The molecule has 4 rings (SSSR count). The fourth-order valence-electron chi connectivity index (χ4n) is 7.15. The average Bonchev–Trinajstić information content (AvgIpc) is 3.00. The number of para-hydroxylation sites is 1. The summed E-state index contributed by atoms with van der Waals surface area (Å²) in [6.07, 6.45) is 5.62. The van der Waals surface area contributed by atoms with Gasteiger partial charge in [0.1, 0.15) is 11.8 Å². The summed E-state index contributed by atoms with van der Waals surface area (Å²) in [7, 11) is -3.74. The third-order valence-electron chi connectivity index (χ3n) is 10.2. The van der Waals surface area contributed by atoms with Crippen LogP contribution in [0.3, 0.4) is 0 Å². The summed E-state index contributed by atoms with van der Waals surface area (Å²) in [6, 6.07) is 13.8. The van der Waals surface area contributed by atoms with Gasteiger partial charge in [0.05, 0.1) is 22.9 Å². The molecule has 48 heavy (non-hydrogen) atoms. The van der Waals surface area contributed by atoms with Gasteiger partial charge in [-0.3, -0.25) is 14.5 Å². The Labute approximate surface area is 287 Å². The SMILES string of the molecule is CC(C)(C)NC(=O)C1CC2CCCCC2CN1CC(O)C(Cc1ccccc1)NC(=O)C(NCc1ccccc1O)C(C)(C)S(C)(=O)=O. The van der Waals surface area contributed by atoms with Crippen LogP contribution >= 0.6 is 0 Å². The smallest absolute Gasteiger partial charge is 0.239 e. The third kappa shape index (κ3) is 9.80. The van der Waals surface area contributed by atoms with Crippen LogP contribution < -0.4 is 16.0 Å². The summed E-state index contributed by atoms with van der Waals surface area (Å²) in [4.78, 5) is 29.9. The van der Waals surface area contributed by atoms with Crippen molar-refractivity contribution in [3.05, 3.63) is 65.7 Å². The number of carbonyl (C=O) groups excluding carboxylic acids is 2. The zero-order chi connectivity index (χ0) is 35.3. The Bertz CT molecular complexity index is 1490. The summed E-state index contributed by atoms with van der Waals surface area (Å²) in [5, 5.41) is 31.5. The number of benzene rings is 2. The molecule has 1 aliphatic carbocycles. The fraction of sp³-hybridized carbons (Fsp3) is 0.622. The van der Waals surface area contributed by atoms with Gasteiger partial charge in [0.15, 0.2) is 9.84 Å². The number of β-amino-alcohol motifs (C(OH)–C–C–N with tert-alkyl or cyclic N) is 1. The predicted octanol–water partition coefficient (Wildman–Crippen LogP) is 3.56. The molecule has 6 atom stereocenters. The van der Waals surface area contributed by atoms with Crippen molar-refractivity contribution in [3.63, 3.8) is 0 Å². The molecule has 2 amide bonds. The number of nitrogens with one attached hydrogen (secondary N) is 3. The van der Waals surface area contributed by atoms with Crippen LogP contribution in [0.15, 0.2) is 54.6 Å². The normalized spacial score (nSPS) is 22.6. The van der Waals surface area contributed by atoms with Crippen LogP contribution in [-0.2, 0) is 32.4 Å².